The minimum atomic E-state index is 0.532. The molecule has 2 aliphatic rings. The Morgan fingerprint density at radius 1 is 1.29 bits per heavy atom. The van der Waals surface area contributed by atoms with Crippen LogP contribution in [0.5, 0.6) is 0 Å². The third-order valence-electron chi connectivity index (χ3n) is 4.96. The number of likely N-dealkylation sites (tertiary alicyclic amines) is 1. The zero-order valence-electron chi connectivity index (χ0n) is 15.7. The van der Waals surface area contributed by atoms with E-state index in [0.717, 1.165) is 51.8 Å². The summed E-state index contributed by atoms with van der Waals surface area (Å²) in [6, 6.07) is 1.18. The number of hydrogen-bond acceptors (Lipinski definition) is 4. The average Bonchev–Trinajstić information content (AvgIpc) is 3.10. The molecule has 2 aliphatic heterocycles. The molecule has 1 unspecified atom stereocenters. The molecule has 6 nitrogen and oxygen atoms in total. The van der Waals surface area contributed by atoms with E-state index in [0.29, 0.717) is 18.0 Å². The molecule has 24 heavy (non-hydrogen) atoms. The van der Waals surface area contributed by atoms with Gasteiger partial charge in [0.05, 0.1) is 13.2 Å². The lowest BCUT2D eigenvalue weighted by Crippen LogP contribution is -2.50. The smallest absolute Gasteiger partial charge is 0.191 e. The molecule has 1 atom stereocenters. The van der Waals surface area contributed by atoms with Gasteiger partial charge in [-0.2, -0.15) is 0 Å². The van der Waals surface area contributed by atoms with Gasteiger partial charge < -0.3 is 25.0 Å². The van der Waals surface area contributed by atoms with Crippen LogP contribution in [0.1, 0.15) is 39.5 Å². The molecular formula is C18H36N4O2. The summed E-state index contributed by atoms with van der Waals surface area (Å²) in [6.07, 6.45) is 4.52. The highest BCUT2D eigenvalue weighted by molar-refractivity contribution is 5.79. The highest BCUT2D eigenvalue weighted by atomic mass is 16.5. The Kier molecular flexibility index (Phi) is 8.84. The van der Waals surface area contributed by atoms with Gasteiger partial charge in [0.15, 0.2) is 5.96 Å². The number of nitrogens with zero attached hydrogens (tertiary/aromatic N) is 2. The van der Waals surface area contributed by atoms with Gasteiger partial charge in [0, 0.05) is 57.9 Å². The van der Waals surface area contributed by atoms with Crippen molar-refractivity contribution in [1.29, 1.82) is 0 Å². The van der Waals surface area contributed by atoms with E-state index >= 15 is 0 Å². The maximum Gasteiger partial charge on any atom is 0.191 e. The Morgan fingerprint density at radius 3 is 2.71 bits per heavy atom. The van der Waals surface area contributed by atoms with E-state index in [1.54, 1.807) is 0 Å². The maximum absolute atomic E-state index is 5.73. The molecule has 2 heterocycles. The first-order chi connectivity index (χ1) is 11.7. The molecular weight excluding hydrogens is 304 g/mol. The lowest BCUT2D eigenvalue weighted by molar-refractivity contribution is 0.0888. The molecule has 0 bridgehead atoms. The van der Waals surface area contributed by atoms with E-state index in [1.807, 2.05) is 7.05 Å². The number of piperidine rings is 1. The fourth-order valence-corrected chi connectivity index (χ4v) is 3.29. The van der Waals surface area contributed by atoms with Crippen LogP contribution in [0, 0.1) is 5.92 Å². The van der Waals surface area contributed by atoms with Crippen LogP contribution in [0.25, 0.3) is 0 Å². The Labute approximate surface area is 147 Å². The van der Waals surface area contributed by atoms with Crippen molar-refractivity contribution in [1.82, 2.24) is 15.5 Å². The van der Waals surface area contributed by atoms with Gasteiger partial charge in [-0.3, -0.25) is 4.99 Å². The number of ether oxygens (including phenoxy) is 2. The summed E-state index contributed by atoms with van der Waals surface area (Å²) in [5.74, 6) is 1.52. The van der Waals surface area contributed by atoms with Crippen LogP contribution in [0.2, 0.25) is 0 Å². The second kappa shape index (κ2) is 10.9. The molecule has 0 saturated carbocycles. The first kappa shape index (κ1) is 19.5. The Hall–Kier alpha value is -0.850. The van der Waals surface area contributed by atoms with Crippen molar-refractivity contribution >= 4 is 5.96 Å². The van der Waals surface area contributed by atoms with Crippen molar-refractivity contribution < 1.29 is 9.47 Å². The van der Waals surface area contributed by atoms with Gasteiger partial charge in [-0.25, -0.2) is 0 Å². The highest BCUT2D eigenvalue weighted by Crippen LogP contribution is 2.13. The lowest BCUT2D eigenvalue weighted by Gasteiger charge is -2.35. The Morgan fingerprint density at radius 2 is 2.08 bits per heavy atom. The summed E-state index contributed by atoms with van der Waals surface area (Å²) in [4.78, 5) is 6.88. The minimum Gasteiger partial charge on any atom is -0.381 e. The Balaban J connectivity index is 1.51. The first-order valence-corrected chi connectivity index (χ1v) is 9.55. The summed E-state index contributed by atoms with van der Waals surface area (Å²) in [5, 5.41) is 6.96. The molecule has 0 spiro atoms. The van der Waals surface area contributed by atoms with Crippen molar-refractivity contribution in [2.24, 2.45) is 10.9 Å². The number of nitrogens with one attached hydrogen (secondary N) is 2. The SMILES string of the molecule is CN=C(NCCCOCC1CCOC1)NC1CCN(C(C)C)CC1. The zero-order valence-corrected chi connectivity index (χ0v) is 15.7. The van der Waals surface area contributed by atoms with E-state index in [-0.39, 0.29) is 0 Å². The monoisotopic (exact) mass is 340 g/mol. The van der Waals surface area contributed by atoms with E-state index in [1.165, 1.54) is 25.9 Å². The molecule has 0 amide bonds. The number of hydrogen-bond donors (Lipinski definition) is 2. The minimum absolute atomic E-state index is 0.532. The van der Waals surface area contributed by atoms with Crippen LogP contribution < -0.4 is 10.6 Å². The average molecular weight is 341 g/mol. The number of aliphatic imine (C=N–C) groups is 1. The number of guanidine groups is 1. The molecule has 0 aromatic rings. The molecule has 6 heteroatoms. The van der Waals surface area contributed by atoms with Crippen molar-refractivity contribution in [3.8, 4) is 0 Å². The summed E-state index contributed by atoms with van der Waals surface area (Å²) in [5.41, 5.74) is 0. The van der Waals surface area contributed by atoms with Crippen molar-refractivity contribution in [3.05, 3.63) is 0 Å². The van der Waals surface area contributed by atoms with Crippen LogP contribution in [0.3, 0.4) is 0 Å². The van der Waals surface area contributed by atoms with Crippen molar-refractivity contribution in [3.63, 3.8) is 0 Å². The summed E-state index contributed by atoms with van der Waals surface area (Å²) in [7, 11) is 1.84. The van der Waals surface area contributed by atoms with Crippen molar-refractivity contribution in [2.45, 2.75) is 51.6 Å². The van der Waals surface area contributed by atoms with Gasteiger partial charge in [0.25, 0.3) is 0 Å². The summed E-state index contributed by atoms with van der Waals surface area (Å²) in [6.45, 7) is 11.2. The molecule has 0 aromatic carbocycles. The first-order valence-electron chi connectivity index (χ1n) is 9.55. The maximum atomic E-state index is 5.73. The van der Waals surface area contributed by atoms with E-state index in [2.05, 4.69) is 34.4 Å². The fraction of sp³-hybridized carbons (Fsp3) is 0.944. The second-order valence-electron chi connectivity index (χ2n) is 7.21. The van der Waals surface area contributed by atoms with Crippen LogP contribution in [-0.2, 0) is 9.47 Å². The predicted octanol–water partition coefficient (Wildman–Crippen LogP) is 1.47. The molecule has 2 N–H and O–H groups in total. The van der Waals surface area contributed by atoms with Crippen LogP contribution in [0.15, 0.2) is 4.99 Å². The number of rotatable bonds is 8. The van der Waals surface area contributed by atoms with Crippen LogP contribution in [-0.4, -0.2) is 76.1 Å². The van der Waals surface area contributed by atoms with Crippen molar-refractivity contribution in [2.75, 3.05) is 53.1 Å². The zero-order chi connectivity index (χ0) is 17.2. The quantitative estimate of drug-likeness (QED) is 0.398. The standard InChI is InChI=1S/C18H36N4O2/c1-15(2)22-9-5-17(6-10-22)21-18(19-3)20-8-4-11-23-13-16-7-12-24-14-16/h15-17H,4-14H2,1-3H3,(H2,19,20,21). The third kappa shape index (κ3) is 6.95. The molecule has 0 radical (unpaired) electrons. The lowest BCUT2D eigenvalue weighted by atomic mass is 10.0. The van der Waals surface area contributed by atoms with Crippen LogP contribution in [0.4, 0.5) is 0 Å². The topological polar surface area (TPSA) is 58.1 Å². The molecule has 0 aliphatic carbocycles. The van der Waals surface area contributed by atoms with Gasteiger partial charge in [0.1, 0.15) is 0 Å². The van der Waals surface area contributed by atoms with Gasteiger partial charge in [-0.1, -0.05) is 0 Å². The largest absolute Gasteiger partial charge is 0.381 e. The molecule has 0 aromatic heterocycles. The van der Waals surface area contributed by atoms with Gasteiger partial charge in [-0.15, -0.1) is 0 Å². The molecule has 2 rings (SSSR count). The second-order valence-corrected chi connectivity index (χ2v) is 7.21. The summed E-state index contributed by atoms with van der Waals surface area (Å²) >= 11 is 0. The fourth-order valence-electron chi connectivity index (χ4n) is 3.29. The third-order valence-corrected chi connectivity index (χ3v) is 4.96. The van der Waals surface area contributed by atoms with E-state index in [9.17, 15) is 0 Å². The summed E-state index contributed by atoms with van der Waals surface area (Å²) < 4.78 is 11.1. The predicted molar refractivity (Wildman–Crippen MR) is 98.6 cm³/mol. The van der Waals surface area contributed by atoms with Gasteiger partial charge >= 0.3 is 0 Å². The Bertz CT molecular complexity index is 362. The van der Waals surface area contributed by atoms with E-state index in [4.69, 9.17) is 9.47 Å². The highest BCUT2D eigenvalue weighted by Gasteiger charge is 2.21. The van der Waals surface area contributed by atoms with E-state index < -0.39 is 0 Å². The molecule has 2 fully saturated rings. The normalized spacial score (nSPS) is 23.8. The van der Waals surface area contributed by atoms with Gasteiger partial charge in [0.2, 0.25) is 0 Å². The molecule has 140 valence electrons. The van der Waals surface area contributed by atoms with Gasteiger partial charge in [-0.05, 0) is 39.5 Å². The van der Waals surface area contributed by atoms with Crippen LogP contribution >= 0.6 is 0 Å². The molecule has 2 saturated heterocycles.